The fourth-order valence-corrected chi connectivity index (χ4v) is 7.08. The molecule has 4 aromatic carbocycles. The molecule has 0 spiro atoms. The SMILES string of the molecule is Cc1cc(C)c(-n2c(-c3ccccc3O)nc3c(-c4[c-]c(-c5cc(C(C)(C)C)ccn5)c(C(C)(C)C)cc4C(C)(C)C)cccc32)c(C)c1.[Pt]. The summed E-state index contributed by atoms with van der Waals surface area (Å²) in [6.45, 7) is 26.8. The van der Waals surface area contributed by atoms with Crippen molar-refractivity contribution in [2.45, 2.75) is 99.3 Å². The van der Waals surface area contributed by atoms with Crippen molar-refractivity contribution in [2.75, 3.05) is 0 Å². The number of pyridine rings is 1. The normalized spacial score (nSPS) is 12.3. The van der Waals surface area contributed by atoms with Crippen LogP contribution in [0.1, 0.15) is 95.7 Å². The Morgan fingerprint density at radius 1 is 0.660 bits per heavy atom. The van der Waals surface area contributed by atoms with Gasteiger partial charge in [-0.25, -0.2) is 4.98 Å². The number of hydrogen-bond donors (Lipinski definition) is 1. The average molecular weight is 844 g/mol. The summed E-state index contributed by atoms with van der Waals surface area (Å²) in [6.07, 6.45) is 1.93. The third-order valence-electron chi connectivity index (χ3n) is 9.53. The molecular formula is C45H50N3OPt-. The quantitative estimate of drug-likeness (QED) is 0.180. The topological polar surface area (TPSA) is 50.9 Å². The van der Waals surface area contributed by atoms with E-state index in [0.29, 0.717) is 11.4 Å². The molecule has 5 heteroatoms. The predicted octanol–water partition coefficient (Wildman–Crippen LogP) is 11.7. The molecule has 0 atom stereocenters. The summed E-state index contributed by atoms with van der Waals surface area (Å²) in [5.41, 5.74) is 14.5. The Labute approximate surface area is 313 Å². The summed E-state index contributed by atoms with van der Waals surface area (Å²) in [7, 11) is 0. The van der Waals surface area contributed by atoms with Gasteiger partial charge < -0.3 is 5.11 Å². The molecule has 0 aliphatic heterocycles. The van der Waals surface area contributed by atoms with Gasteiger partial charge in [-0.15, -0.1) is 28.8 Å². The molecule has 4 nitrogen and oxygen atoms in total. The van der Waals surface area contributed by atoms with Crippen LogP contribution < -0.4 is 0 Å². The standard InChI is InChI=1S/C45H50N3O.Pt/c1-27-22-28(2)41(29(3)23-27)48-38-18-15-17-31(40(38)47-42(48)32-16-13-14-19-39(32)49)33-25-34(37-24-30(20-21-46-37)43(4,5)6)36(45(10,11)12)26-35(33)44(7,8)9;/h13-24,26,49H,1-12H3;/q-1;. The van der Waals surface area contributed by atoms with Crippen LogP contribution in [0.2, 0.25) is 0 Å². The third-order valence-corrected chi connectivity index (χ3v) is 9.53. The summed E-state index contributed by atoms with van der Waals surface area (Å²) >= 11 is 0. The number of benzene rings is 4. The number of nitrogens with zero attached hydrogens (tertiary/aromatic N) is 3. The first-order valence-electron chi connectivity index (χ1n) is 17.3. The fraction of sp³-hybridized carbons (Fsp3) is 0.333. The van der Waals surface area contributed by atoms with E-state index in [2.05, 4.69) is 142 Å². The maximum atomic E-state index is 11.2. The van der Waals surface area contributed by atoms with Crippen LogP contribution in [0.3, 0.4) is 0 Å². The van der Waals surface area contributed by atoms with Crippen molar-refractivity contribution in [3.63, 3.8) is 0 Å². The summed E-state index contributed by atoms with van der Waals surface area (Å²) in [6, 6.07) is 29.1. The van der Waals surface area contributed by atoms with Gasteiger partial charge in [-0.2, -0.15) is 0 Å². The molecule has 0 saturated heterocycles. The van der Waals surface area contributed by atoms with E-state index >= 15 is 0 Å². The Hall–Kier alpha value is -4.01. The number of imidazole rings is 1. The van der Waals surface area contributed by atoms with Crippen molar-refractivity contribution in [1.29, 1.82) is 0 Å². The molecule has 0 aliphatic carbocycles. The molecule has 1 N–H and O–H groups in total. The molecule has 2 aromatic heterocycles. The maximum Gasteiger partial charge on any atom is 0.148 e. The Morgan fingerprint density at radius 2 is 1.26 bits per heavy atom. The van der Waals surface area contributed by atoms with Crippen molar-refractivity contribution < 1.29 is 26.2 Å². The first-order valence-corrected chi connectivity index (χ1v) is 17.3. The second-order valence-corrected chi connectivity index (χ2v) is 16.7. The zero-order valence-corrected chi connectivity index (χ0v) is 33.9. The van der Waals surface area contributed by atoms with Gasteiger partial charge in [0, 0.05) is 33.0 Å². The van der Waals surface area contributed by atoms with E-state index in [-0.39, 0.29) is 43.1 Å². The van der Waals surface area contributed by atoms with E-state index in [1.54, 1.807) is 6.07 Å². The second-order valence-electron chi connectivity index (χ2n) is 16.7. The van der Waals surface area contributed by atoms with E-state index in [0.717, 1.165) is 50.2 Å². The van der Waals surface area contributed by atoms with E-state index in [4.69, 9.17) is 9.97 Å². The fourth-order valence-electron chi connectivity index (χ4n) is 7.08. The molecule has 6 aromatic rings. The molecule has 0 radical (unpaired) electrons. The molecule has 262 valence electrons. The summed E-state index contributed by atoms with van der Waals surface area (Å²) in [5, 5.41) is 11.2. The van der Waals surface area contributed by atoms with Crippen LogP contribution in [-0.2, 0) is 37.3 Å². The first-order chi connectivity index (χ1) is 22.9. The van der Waals surface area contributed by atoms with E-state index in [1.807, 2.05) is 24.4 Å². The van der Waals surface area contributed by atoms with Crippen LogP contribution in [0.25, 0.3) is 50.5 Å². The molecule has 50 heavy (non-hydrogen) atoms. The molecule has 2 heterocycles. The molecule has 0 saturated carbocycles. The molecule has 0 fully saturated rings. The van der Waals surface area contributed by atoms with Gasteiger partial charge in [0.2, 0.25) is 0 Å². The van der Waals surface area contributed by atoms with Crippen LogP contribution in [0.4, 0.5) is 0 Å². The predicted molar refractivity (Wildman–Crippen MR) is 206 cm³/mol. The Morgan fingerprint density at radius 3 is 1.86 bits per heavy atom. The summed E-state index contributed by atoms with van der Waals surface area (Å²) in [5.74, 6) is 0.908. The van der Waals surface area contributed by atoms with Gasteiger partial charge in [-0.3, -0.25) is 9.55 Å². The number of aromatic nitrogens is 3. The van der Waals surface area contributed by atoms with Crippen LogP contribution in [0.5, 0.6) is 5.75 Å². The van der Waals surface area contributed by atoms with E-state index < -0.39 is 0 Å². The number of hydrogen-bond acceptors (Lipinski definition) is 3. The van der Waals surface area contributed by atoms with Gasteiger partial charge in [0.1, 0.15) is 11.6 Å². The number of aryl methyl sites for hydroxylation is 3. The molecule has 0 bridgehead atoms. The molecular weight excluding hydrogens is 794 g/mol. The molecule has 6 rings (SSSR count). The summed E-state index contributed by atoms with van der Waals surface area (Å²) in [4.78, 5) is 10.4. The monoisotopic (exact) mass is 843 g/mol. The third kappa shape index (κ3) is 6.84. The zero-order valence-electron chi connectivity index (χ0n) is 31.6. The van der Waals surface area contributed by atoms with Crippen LogP contribution >= 0.6 is 0 Å². The number of fused-ring (bicyclic) bond motifs is 1. The molecule has 0 amide bonds. The van der Waals surface area contributed by atoms with Crippen LogP contribution in [0.15, 0.2) is 79.0 Å². The van der Waals surface area contributed by atoms with Crippen LogP contribution in [0, 0.1) is 26.8 Å². The van der Waals surface area contributed by atoms with E-state index in [9.17, 15) is 5.11 Å². The molecule has 0 unspecified atom stereocenters. The van der Waals surface area contributed by atoms with Gasteiger partial charge in [-0.1, -0.05) is 121 Å². The van der Waals surface area contributed by atoms with Gasteiger partial charge >= 0.3 is 0 Å². The van der Waals surface area contributed by atoms with Gasteiger partial charge in [-0.05, 0) is 78.0 Å². The van der Waals surface area contributed by atoms with Crippen LogP contribution in [-0.4, -0.2) is 19.6 Å². The number of para-hydroxylation sites is 2. The largest absolute Gasteiger partial charge is 0.507 e. The zero-order chi connectivity index (χ0) is 35.6. The Bertz CT molecular complexity index is 2200. The van der Waals surface area contributed by atoms with Crippen molar-refractivity contribution in [1.82, 2.24) is 14.5 Å². The Balaban J connectivity index is 0.00000486. The first kappa shape index (κ1) is 37.2. The number of phenols is 1. The smallest absolute Gasteiger partial charge is 0.148 e. The minimum atomic E-state index is -0.180. The van der Waals surface area contributed by atoms with Gasteiger partial charge in [0.05, 0.1) is 22.3 Å². The second kappa shape index (κ2) is 13.3. The van der Waals surface area contributed by atoms with Gasteiger partial charge in [0.15, 0.2) is 0 Å². The number of phenolic OH excluding ortho intramolecular Hbond substituents is 1. The summed E-state index contributed by atoms with van der Waals surface area (Å²) < 4.78 is 2.23. The van der Waals surface area contributed by atoms with E-state index in [1.165, 1.54) is 22.3 Å². The van der Waals surface area contributed by atoms with Crippen molar-refractivity contribution in [3.05, 3.63) is 118 Å². The maximum absolute atomic E-state index is 11.2. The van der Waals surface area contributed by atoms with Gasteiger partial charge in [0.25, 0.3) is 0 Å². The molecule has 0 aliphatic rings. The average Bonchev–Trinajstić information content (AvgIpc) is 3.38. The van der Waals surface area contributed by atoms with Crippen molar-refractivity contribution >= 4 is 11.0 Å². The minimum absolute atomic E-state index is 0. The van der Waals surface area contributed by atoms with Crippen molar-refractivity contribution in [3.8, 4) is 45.2 Å². The van der Waals surface area contributed by atoms with Crippen molar-refractivity contribution in [2.24, 2.45) is 0 Å². The number of aromatic hydroxyl groups is 1. The Kier molecular flexibility index (Phi) is 9.89. The minimum Gasteiger partial charge on any atom is -0.507 e. The number of rotatable bonds is 4.